The molecule has 1 aliphatic carbocycles. The summed E-state index contributed by atoms with van der Waals surface area (Å²) in [5.74, 6) is 1.20. The average molecular weight is 228 g/mol. The number of benzene rings is 1. The lowest BCUT2D eigenvalue weighted by Crippen LogP contribution is -2.42. The first-order valence-corrected chi connectivity index (χ1v) is 6.10. The van der Waals surface area contributed by atoms with E-state index in [-0.39, 0.29) is 12.0 Å². The topological polar surface area (TPSA) is 29.5 Å². The van der Waals surface area contributed by atoms with E-state index in [1.807, 2.05) is 36.4 Å². The molecule has 1 aromatic rings. The Balaban J connectivity index is 1.84. The molecule has 1 aromatic carbocycles. The van der Waals surface area contributed by atoms with E-state index in [2.05, 4.69) is 12.2 Å². The fourth-order valence-electron chi connectivity index (χ4n) is 2.57. The van der Waals surface area contributed by atoms with Gasteiger partial charge >= 0.3 is 0 Å². The van der Waals surface area contributed by atoms with Gasteiger partial charge in [-0.3, -0.25) is 0 Å². The SMILES string of the molecule is OC1Cc2ccccc2OC1C1C=CC=CC1. The van der Waals surface area contributed by atoms with Gasteiger partial charge in [0.1, 0.15) is 11.9 Å². The second kappa shape index (κ2) is 4.38. The minimum atomic E-state index is -0.411. The van der Waals surface area contributed by atoms with Crippen LogP contribution in [0.3, 0.4) is 0 Å². The van der Waals surface area contributed by atoms with E-state index in [4.69, 9.17) is 4.74 Å². The number of fused-ring (bicyclic) bond motifs is 1. The van der Waals surface area contributed by atoms with Gasteiger partial charge in [-0.05, 0) is 18.1 Å². The third-order valence-electron chi connectivity index (χ3n) is 3.48. The molecule has 0 spiro atoms. The second-order valence-electron chi connectivity index (χ2n) is 4.67. The Hall–Kier alpha value is -1.54. The Morgan fingerprint density at radius 2 is 2.06 bits per heavy atom. The summed E-state index contributed by atoms with van der Waals surface area (Å²) >= 11 is 0. The maximum Gasteiger partial charge on any atom is 0.131 e. The number of hydrogen-bond donors (Lipinski definition) is 1. The van der Waals surface area contributed by atoms with Crippen LogP contribution in [0.4, 0.5) is 0 Å². The van der Waals surface area contributed by atoms with Crippen LogP contribution >= 0.6 is 0 Å². The highest BCUT2D eigenvalue weighted by molar-refractivity contribution is 5.36. The molecule has 2 aliphatic rings. The molecule has 17 heavy (non-hydrogen) atoms. The van der Waals surface area contributed by atoms with Gasteiger partial charge in [-0.15, -0.1) is 0 Å². The summed E-state index contributed by atoms with van der Waals surface area (Å²) < 4.78 is 5.95. The molecule has 0 aromatic heterocycles. The third kappa shape index (κ3) is 2.01. The summed E-state index contributed by atoms with van der Waals surface area (Å²) in [4.78, 5) is 0. The van der Waals surface area contributed by atoms with Gasteiger partial charge in [-0.1, -0.05) is 42.5 Å². The van der Waals surface area contributed by atoms with Crippen molar-refractivity contribution in [2.24, 2.45) is 5.92 Å². The van der Waals surface area contributed by atoms with Crippen LogP contribution in [0.2, 0.25) is 0 Å². The normalized spacial score (nSPS) is 30.8. The van der Waals surface area contributed by atoms with Gasteiger partial charge in [0, 0.05) is 12.3 Å². The van der Waals surface area contributed by atoms with Gasteiger partial charge in [0.25, 0.3) is 0 Å². The monoisotopic (exact) mass is 228 g/mol. The summed E-state index contributed by atoms with van der Waals surface area (Å²) in [5.41, 5.74) is 1.10. The quantitative estimate of drug-likeness (QED) is 0.800. The van der Waals surface area contributed by atoms with Crippen molar-refractivity contribution in [3.8, 4) is 5.75 Å². The predicted molar refractivity (Wildman–Crippen MR) is 67.0 cm³/mol. The second-order valence-corrected chi connectivity index (χ2v) is 4.67. The molecule has 2 nitrogen and oxygen atoms in total. The highest BCUT2D eigenvalue weighted by Crippen LogP contribution is 2.32. The molecule has 2 heteroatoms. The van der Waals surface area contributed by atoms with Crippen molar-refractivity contribution >= 4 is 0 Å². The molecule has 3 rings (SSSR count). The first kappa shape index (κ1) is 10.6. The van der Waals surface area contributed by atoms with E-state index in [1.54, 1.807) is 0 Å². The Bertz CT molecular complexity index is 462. The maximum absolute atomic E-state index is 10.2. The number of rotatable bonds is 1. The van der Waals surface area contributed by atoms with Crippen LogP contribution in [0.15, 0.2) is 48.6 Å². The molecule has 0 radical (unpaired) electrons. The third-order valence-corrected chi connectivity index (χ3v) is 3.48. The molecule has 88 valence electrons. The molecule has 0 saturated carbocycles. The zero-order valence-corrected chi connectivity index (χ0v) is 9.62. The van der Waals surface area contributed by atoms with Crippen molar-refractivity contribution in [2.75, 3.05) is 0 Å². The van der Waals surface area contributed by atoms with Crippen molar-refractivity contribution in [1.29, 1.82) is 0 Å². The van der Waals surface area contributed by atoms with Crippen LogP contribution in [-0.4, -0.2) is 17.3 Å². The fourth-order valence-corrected chi connectivity index (χ4v) is 2.57. The van der Waals surface area contributed by atoms with E-state index in [0.29, 0.717) is 6.42 Å². The van der Waals surface area contributed by atoms with E-state index in [9.17, 15) is 5.11 Å². The minimum absolute atomic E-state index is 0.119. The Labute approximate surface area is 101 Å². The minimum Gasteiger partial charge on any atom is -0.487 e. The zero-order valence-electron chi connectivity index (χ0n) is 9.62. The average Bonchev–Trinajstić information content (AvgIpc) is 2.39. The molecule has 0 fully saturated rings. The molecular weight excluding hydrogens is 212 g/mol. The number of ether oxygens (including phenoxy) is 1. The number of allylic oxidation sites excluding steroid dienone is 3. The lowest BCUT2D eigenvalue weighted by molar-refractivity contribution is -0.00108. The molecule has 1 heterocycles. The predicted octanol–water partition coefficient (Wildman–Crippen LogP) is 2.48. The van der Waals surface area contributed by atoms with E-state index in [1.165, 1.54) is 0 Å². The van der Waals surface area contributed by atoms with E-state index >= 15 is 0 Å². The summed E-state index contributed by atoms with van der Waals surface area (Å²) in [7, 11) is 0. The zero-order chi connectivity index (χ0) is 11.7. The summed E-state index contributed by atoms with van der Waals surface area (Å²) in [6, 6.07) is 7.96. The van der Waals surface area contributed by atoms with Crippen molar-refractivity contribution in [3.63, 3.8) is 0 Å². The van der Waals surface area contributed by atoms with Gasteiger partial charge in [0.05, 0.1) is 6.10 Å². The van der Waals surface area contributed by atoms with Gasteiger partial charge < -0.3 is 9.84 Å². The highest BCUT2D eigenvalue weighted by atomic mass is 16.5. The summed E-state index contributed by atoms with van der Waals surface area (Å²) in [5, 5.41) is 10.2. The van der Waals surface area contributed by atoms with Crippen LogP contribution < -0.4 is 4.74 Å². The van der Waals surface area contributed by atoms with E-state index in [0.717, 1.165) is 17.7 Å². The van der Waals surface area contributed by atoms with E-state index < -0.39 is 6.10 Å². The maximum atomic E-state index is 10.2. The van der Waals surface area contributed by atoms with Crippen LogP contribution in [0.1, 0.15) is 12.0 Å². The van der Waals surface area contributed by atoms with Crippen LogP contribution in [0, 0.1) is 5.92 Å². The Morgan fingerprint density at radius 3 is 2.88 bits per heavy atom. The molecule has 0 amide bonds. The first-order valence-electron chi connectivity index (χ1n) is 6.10. The highest BCUT2D eigenvalue weighted by Gasteiger charge is 2.33. The van der Waals surface area contributed by atoms with Crippen molar-refractivity contribution < 1.29 is 9.84 Å². The van der Waals surface area contributed by atoms with Crippen LogP contribution in [-0.2, 0) is 6.42 Å². The van der Waals surface area contributed by atoms with Crippen LogP contribution in [0.5, 0.6) is 5.75 Å². The largest absolute Gasteiger partial charge is 0.487 e. The lowest BCUT2D eigenvalue weighted by atomic mass is 9.87. The lowest BCUT2D eigenvalue weighted by Gasteiger charge is -2.34. The number of aliphatic hydroxyl groups excluding tert-OH is 1. The Kier molecular flexibility index (Phi) is 2.73. The Morgan fingerprint density at radius 1 is 1.18 bits per heavy atom. The molecule has 0 saturated heterocycles. The smallest absolute Gasteiger partial charge is 0.131 e. The fraction of sp³-hybridized carbons (Fsp3) is 0.333. The standard InChI is InChI=1S/C15H16O2/c16-13-10-12-8-4-5-9-14(12)17-15(13)11-6-2-1-3-7-11/h1-6,8-9,11,13,15-16H,7,10H2. The van der Waals surface area contributed by atoms with Gasteiger partial charge in [-0.25, -0.2) is 0 Å². The van der Waals surface area contributed by atoms with Gasteiger partial charge in [0.2, 0.25) is 0 Å². The number of para-hydroxylation sites is 1. The van der Waals surface area contributed by atoms with Gasteiger partial charge in [0.15, 0.2) is 0 Å². The molecule has 3 atom stereocenters. The molecule has 3 unspecified atom stereocenters. The first-order chi connectivity index (χ1) is 8.34. The van der Waals surface area contributed by atoms with Crippen molar-refractivity contribution in [3.05, 3.63) is 54.1 Å². The van der Waals surface area contributed by atoms with Crippen molar-refractivity contribution in [2.45, 2.75) is 25.0 Å². The summed E-state index contributed by atoms with van der Waals surface area (Å²) in [6.07, 6.45) is 9.43. The van der Waals surface area contributed by atoms with Gasteiger partial charge in [-0.2, -0.15) is 0 Å². The van der Waals surface area contributed by atoms with Crippen LogP contribution in [0.25, 0.3) is 0 Å². The molecule has 1 aliphatic heterocycles. The molecular formula is C15H16O2. The number of aliphatic hydroxyl groups is 1. The summed E-state index contributed by atoms with van der Waals surface area (Å²) in [6.45, 7) is 0. The molecule has 0 bridgehead atoms. The van der Waals surface area contributed by atoms with Crippen molar-refractivity contribution in [1.82, 2.24) is 0 Å². The molecule has 1 N–H and O–H groups in total. The number of hydrogen-bond acceptors (Lipinski definition) is 2.